The molecule has 94 valence electrons. The molecular formula is C13H18FNO2. The van der Waals surface area contributed by atoms with Crippen LogP contribution in [-0.2, 0) is 0 Å². The lowest BCUT2D eigenvalue weighted by molar-refractivity contribution is 0.361. The molecule has 1 saturated heterocycles. The second kappa shape index (κ2) is 4.53. The van der Waals surface area contributed by atoms with Gasteiger partial charge in [0.15, 0.2) is 11.5 Å². The topological polar surface area (TPSA) is 41.5 Å². The van der Waals surface area contributed by atoms with Gasteiger partial charge in [0.05, 0.1) is 7.11 Å². The summed E-state index contributed by atoms with van der Waals surface area (Å²) in [5.41, 5.74) is 1.60. The number of ether oxygens (including phenoxy) is 1. The van der Waals surface area contributed by atoms with Crippen molar-refractivity contribution in [3.8, 4) is 11.5 Å². The van der Waals surface area contributed by atoms with Crippen LogP contribution in [0.3, 0.4) is 0 Å². The van der Waals surface area contributed by atoms with Crippen LogP contribution in [0.2, 0.25) is 0 Å². The zero-order valence-corrected chi connectivity index (χ0v) is 10.4. The molecule has 1 heterocycles. The molecule has 1 aromatic rings. The Morgan fingerprint density at radius 1 is 1.35 bits per heavy atom. The Kier molecular flexibility index (Phi) is 3.24. The average molecular weight is 239 g/mol. The first-order valence-corrected chi connectivity index (χ1v) is 5.84. The molecule has 0 amide bonds. The molecule has 0 radical (unpaired) electrons. The van der Waals surface area contributed by atoms with Crippen molar-refractivity contribution in [1.29, 1.82) is 0 Å². The van der Waals surface area contributed by atoms with E-state index in [0.29, 0.717) is 16.7 Å². The Labute approximate surface area is 101 Å². The maximum absolute atomic E-state index is 14.1. The van der Waals surface area contributed by atoms with E-state index in [2.05, 4.69) is 5.32 Å². The van der Waals surface area contributed by atoms with Crippen LogP contribution in [0.5, 0.6) is 11.5 Å². The van der Waals surface area contributed by atoms with E-state index in [4.69, 9.17) is 4.74 Å². The summed E-state index contributed by atoms with van der Waals surface area (Å²) >= 11 is 0. The van der Waals surface area contributed by atoms with E-state index in [1.54, 1.807) is 13.8 Å². The Morgan fingerprint density at radius 2 is 2.06 bits per heavy atom. The number of hydrogen-bond donors (Lipinski definition) is 2. The normalized spacial score (nSPS) is 19.6. The fourth-order valence-corrected chi connectivity index (χ4v) is 2.63. The minimum Gasteiger partial charge on any atom is -0.504 e. The number of hydrogen-bond acceptors (Lipinski definition) is 3. The Hall–Kier alpha value is -1.29. The molecule has 4 heteroatoms. The maximum atomic E-state index is 14.1. The lowest BCUT2D eigenvalue weighted by Gasteiger charge is -2.19. The number of phenols is 1. The minimum atomic E-state index is -0.276. The van der Waals surface area contributed by atoms with Gasteiger partial charge in [0.1, 0.15) is 5.82 Å². The second-order valence-electron chi connectivity index (χ2n) is 4.55. The molecule has 1 aliphatic heterocycles. The van der Waals surface area contributed by atoms with E-state index in [0.717, 1.165) is 19.5 Å². The number of nitrogens with one attached hydrogen (secondary N) is 1. The van der Waals surface area contributed by atoms with Crippen LogP contribution in [-0.4, -0.2) is 25.3 Å². The molecule has 3 nitrogen and oxygen atoms in total. The molecule has 1 aromatic carbocycles. The molecular weight excluding hydrogens is 221 g/mol. The number of rotatable bonds is 2. The minimum absolute atomic E-state index is 0.0950. The van der Waals surface area contributed by atoms with E-state index < -0.39 is 0 Å². The molecule has 1 atom stereocenters. The molecule has 1 aliphatic rings. The van der Waals surface area contributed by atoms with Crippen molar-refractivity contribution in [3.05, 3.63) is 22.5 Å². The van der Waals surface area contributed by atoms with Crippen LogP contribution in [0.25, 0.3) is 0 Å². The van der Waals surface area contributed by atoms with Crippen LogP contribution in [0.4, 0.5) is 4.39 Å². The van der Waals surface area contributed by atoms with E-state index in [1.807, 2.05) is 0 Å². The van der Waals surface area contributed by atoms with Crippen molar-refractivity contribution in [2.45, 2.75) is 26.2 Å². The van der Waals surface area contributed by atoms with Crippen molar-refractivity contribution >= 4 is 0 Å². The first-order chi connectivity index (χ1) is 8.07. The highest BCUT2D eigenvalue weighted by atomic mass is 19.1. The number of phenolic OH excluding ortho intramolecular Hbond substituents is 1. The van der Waals surface area contributed by atoms with Gasteiger partial charge in [0, 0.05) is 23.6 Å². The zero-order valence-electron chi connectivity index (χ0n) is 10.4. The van der Waals surface area contributed by atoms with Gasteiger partial charge in [-0.1, -0.05) is 0 Å². The highest BCUT2D eigenvalue weighted by Gasteiger charge is 2.27. The van der Waals surface area contributed by atoms with Gasteiger partial charge in [-0.25, -0.2) is 4.39 Å². The Balaban J connectivity index is 2.61. The second-order valence-corrected chi connectivity index (χ2v) is 4.55. The van der Waals surface area contributed by atoms with E-state index in [9.17, 15) is 9.50 Å². The van der Waals surface area contributed by atoms with Crippen molar-refractivity contribution in [2.75, 3.05) is 20.2 Å². The molecule has 0 aromatic heterocycles. The third-order valence-electron chi connectivity index (χ3n) is 3.55. The van der Waals surface area contributed by atoms with Gasteiger partial charge >= 0.3 is 0 Å². The predicted molar refractivity (Wildman–Crippen MR) is 64.3 cm³/mol. The molecule has 1 unspecified atom stereocenters. The third kappa shape index (κ3) is 1.86. The predicted octanol–water partition coefficient (Wildman–Crippen LogP) is 2.23. The van der Waals surface area contributed by atoms with Crippen LogP contribution in [0, 0.1) is 19.7 Å². The van der Waals surface area contributed by atoms with Crippen molar-refractivity contribution < 1.29 is 14.2 Å². The molecule has 2 N–H and O–H groups in total. The van der Waals surface area contributed by atoms with Gasteiger partial charge in [-0.3, -0.25) is 0 Å². The summed E-state index contributed by atoms with van der Waals surface area (Å²) in [5.74, 6) is 0.244. The van der Waals surface area contributed by atoms with E-state index >= 15 is 0 Å². The highest BCUT2D eigenvalue weighted by Crippen LogP contribution is 2.42. The average Bonchev–Trinajstić information content (AvgIpc) is 2.81. The monoisotopic (exact) mass is 239 g/mol. The molecule has 17 heavy (non-hydrogen) atoms. The maximum Gasteiger partial charge on any atom is 0.166 e. The molecule has 0 saturated carbocycles. The Morgan fingerprint density at radius 3 is 2.59 bits per heavy atom. The van der Waals surface area contributed by atoms with Crippen molar-refractivity contribution in [3.63, 3.8) is 0 Å². The molecule has 0 aliphatic carbocycles. The van der Waals surface area contributed by atoms with Gasteiger partial charge in [-0.2, -0.15) is 0 Å². The number of aromatic hydroxyl groups is 1. The lowest BCUT2D eigenvalue weighted by atomic mass is 9.90. The summed E-state index contributed by atoms with van der Waals surface area (Å²) < 4.78 is 19.2. The van der Waals surface area contributed by atoms with Crippen LogP contribution < -0.4 is 10.1 Å². The van der Waals surface area contributed by atoms with E-state index in [-0.39, 0.29) is 23.2 Å². The fraction of sp³-hybridized carbons (Fsp3) is 0.538. The van der Waals surface area contributed by atoms with Gasteiger partial charge in [0.2, 0.25) is 0 Å². The Bertz CT molecular complexity index is 440. The molecule has 0 spiro atoms. The van der Waals surface area contributed by atoms with Crippen LogP contribution in [0.15, 0.2) is 0 Å². The zero-order chi connectivity index (χ0) is 12.6. The first kappa shape index (κ1) is 12.2. The standard InChI is InChI=1S/C13H18FNO2/c1-7-10(9-4-5-15-6-9)12(16)13(17-3)8(2)11(7)14/h9,15-16H,4-6H2,1-3H3. The summed E-state index contributed by atoms with van der Waals surface area (Å²) in [6.45, 7) is 5.02. The molecule has 1 fully saturated rings. The summed E-state index contributed by atoms with van der Waals surface area (Å²) in [6.07, 6.45) is 0.917. The smallest absolute Gasteiger partial charge is 0.166 e. The largest absolute Gasteiger partial charge is 0.504 e. The molecule has 2 rings (SSSR count). The number of benzene rings is 1. The summed E-state index contributed by atoms with van der Waals surface area (Å²) in [4.78, 5) is 0. The summed E-state index contributed by atoms with van der Waals surface area (Å²) in [6, 6.07) is 0. The van der Waals surface area contributed by atoms with Gasteiger partial charge in [0.25, 0.3) is 0 Å². The van der Waals surface area contributed by atoms with Gasteiger partial charge in [-0.05, 0) is 32.4 Å². The summed E-state index contributed by atoms with van der Waals surface area (Å²) in [7, 11) is 1.45. The van der Waals surface area contributed by atoms with Crippen molar-refractivity contribution in [2.24, 2.45) is 0 Å². The van der Waals surface area contributed by atoms with Gasteiger partial charge < -0.3 is 15.2 Å². The van der Waals surface area contributed by atoms with Crippen molar-refractivity contribution in [1.82, 2.24) is 5.32 Å². The first-order valence-electron chi connectivity index (χ1n) is 5.84. The molecule has 0 bridgehead atoms. The quantitative estimate of drug-likeness (QED) is 0.831. The summed E-state index contributed by atoms with van der Waals surface area (Å²) in [5, 5.41) is 13.4. The van der Waals surface area contributed by atoms with Crippen LogP contribution in [0.1, 0.15) is 29.0 Å². The third-order valence-corrected chi connectivity index (χ3v) is 3.55. The van der Waals surface area contributed by atoms with Gasteiger partial charge in [-0.15, -0.1) is 0 Å². The number of halogens is 1. The highest BCUT2D eigenvalue weighted by molar-refractivity contribution is 5.56. The SMILES string of the molecule is COc1c(C)c(F)c(C)c(C2CCNC2)c1O. The van der Waals surface area contributed by atoms with Crippen LogP contribution >= 0.6 is 0 Å². The van der Waals surface area contributed by atoms with E-state index in [1.165, 1.54) is 7.11 Å². The lowest BCUT2D eigenvalue weighted by Crippen LogP contribution is -2.10. The number of methoxy groups -OCH3 is 1. The fourth-order valence-electron chi connectivity index (χ4n) is 2.63.